The number of benzene rings is 1. The van der Waals surface area contributed by atoms with E-state index >= 15 is 0 Å². The van der Waals surface area contributed by atoms with E-state index in [9.17, 15) is 12.9 Å². The van der Waals surface area contributed by atoms with E-state index in [1.54, 1.807) is 0 Å². The predicted molar refractivity (Wildman–Crippen MR) is 51.0 cm³/mol. The largest absolute Gasteiger partial charge is 0.520 e. The van der Waals surface area contributed by atoms with Crippen molar-refractivity contribution in [2.75, 3.05) is 6.51 Å². The molecule has 1 aromatic rings. The molecule has 1 rings (SSSR count). The minimum Gasteiger partial charge on any atom is -0.520 e. The molecule has 1 nitrogen and oxygen atoms in total. The van der Waals surface area contributed by atoms with Crippen molar-refractivity contribution in [3.63, 3.8) is 0 Å². The molecule has 78 valence electrons. The highest BCUT2D eigenvalue weighted by atomic mass is 35.5. The van der Waals surface area contributed by atoms with E-state index in [4.69, 9.17) is 23.2 Å². The molecule has 0 spiro atoms. The first-order chi connectivity index (χ1) is 6.40. The summed E-state index contributed by atoms with van der Waals surface area (Å²) in [4.78, 5) is 0. The molecule has 0 bridgehead atoms. The Balaban J connectivity index is 2.73. The van der Waals surface area contributed by atoms with Gasteiger partial charge in [0.25, 0.3) is 0 Å². The lowest BCUT2D eigenvalue weighted by Crippen LogP contribution is -2.26. The Hall–Kier alpha value is -0.545. The first-order valence-corrected chi connectivity index (χ1v) is 4.43. The molecule has 0 aliphatic heterocycles. The average molecular weight is 244 g/mol. The van der Waals surface area contributed by atoms with E-state index in [1.807, 2.05) is 0 Å². The Morgan fingerprint density at radius 1 is 1.21 bits per heavy atom. The van der Waals surface area contributed by atoms with Gasteiger partial charge in [-0.15, -0.1) is 0 Å². The third-order valence-electron chi connectivity index (χ3n) is 1.34. The Labute approximate surface area is 88.8 Å². The summed E-state index contributed by atoms with van der Waals surface area (Å²) in [7, 11) is 0. The lowest BCUT2D eigenvalue weighted by atomic mass is 9.95. The molecular formula is C7H5BCl2F3O-. The van der Waals surface area contributed by atoms with Crippen molar-refractivity contribution < 1.29 is 17.7 Å². The first kappa shape index (κ1) is 11.5. The molecule has 7 heteroatoms. The topological polar surface area (TPSA) is 9.23 Å². The first-order valence-electron chi connectivity index (χ1n) is 3.68. The van der Waals surface area contributed by atoms with Crippen LogP contribution in [0.3, 0.4) is 0 Å². The van der Waals surface area contributed by atoms with Crippen LogP contribution in [0.4, 0.5) is 12.9 Å². The van der Waals surface area contributed by atoms with Gasteiger partial charge >= 0.3 is 6.98 Å². The van der Waals surface area contributed by atoms with E-state index in [0.29, 0.717) is 0 Å². The number of halogens is 5. The zero-order chi connectivity index (χ0) is 10.8. The zero-order valence-corrected chi connectivity index (χ0v) is 8.33. The van der Waals surface area contributed by atoms with Crippen molar-refractivity contribution >= 4 is 30.2 Å². The fourth-order valence-electron chi connectivity index (χ4n) is 0.780. The maximum absolute atomic E-state index is 11.8. The molecule has 0 aromatic heterocycles. The van der Waals surface area contributed by atoms with Crippen LogP contribution in [-0.2, 0) is 0 Å². The van der Waals surface area contributed by atoms with Crippen LogP contribution in [0.2, 0.25) is 10.0 Å². The summed E-state index contributed by atoms with van der Waals surface area (Å²) in [5, 5.41) is 0.160. The molecule has 14 heavy (non-hydrogen) atoms. The van der Waals surface area contributed by atoms with Crippen LogP contribution in [0.15, 0.2) is 18.2 Å². The summed E-state index contributed by atoms with van der Waals surface area (Å²) in [6.07, 6.45) is 0. The molecule has 0 saturated heterocycles. The van der Waals surface area contributed by atoms with Gasteiger partial charge in [0, 0.05) is 0 Å². The second-order valence-corrected chi connectivity index (χ2v) is 3.36. The molecule has 0 aliphatic carbocycles. The van der Waals surface area contributed by atoms with Gasteiger partial charge in [-0.05, 0) is 12.1 Å². The summed E-state index contributed by atoms with van der Waals surface area (Å²) >= 11 is 11.2. The van der Waals surface area contributed by atoms with Crippen LogP contribution < -0.4 is 4.74 Å². The van der Waals surface area contributed by atoms with Crippen molar-refractivity contribution in [1.29, 1.82) is 0 Å². The van der Waals surface area contributed by atoms with Crippen molar-refractivity contribution in [1.82, 2.24) is 0 Å². The standard InChI is InChI=1S/C7H5BCl2F3O/c9-5-2-1-3-6(7(5)10)14-4-8(11,12)13/h1-3H,4H2/q-1. The highest BCUT2D eigenvalue weighted by Gasteiger charge is 2.24. The third kappa shape index (κ3) is 3.31. The molecule has 0 atom stereocenters. The number of hydrogen-bond acceptors (Lipinski definition) is 1. The van der Waals surface area contributed by atoms with Crippen LogP contribution in [0.5, 0.6) is 5.75 Å². The highest BCUT2D eigenvalue weighted by Crippen LogP contribution is 2.31. The molecule has 0 radical (unpaired) electrons. The van der Waals surface area contributed by atoms with Gasteiger partial charge in [0.1, 0.15) is 10.8 Å². The monoisotopic (exact) mass is 243 g/mol. The van der Waals surface area contributed by atoms with E-state index in [2.05, 4.69) is 4.74 Å². The third-order valence-corrected chi connectivity index (χ3v) is 2.15. The Morgan fingerprint density at radius 3 is 2.43 bits per heavy atom. The molecular weight excluding hydrogens is 239 g/mol. The van der Waals surface area contributed by atoms with Crippen molar-refractivity contribution in [3.05, 3.63) is 28.2 Å². The van der Waals surface area contributed by atoms with Gasteiger partial charge in [0.2, 0.25) is 0 Å². The molecule has 0 N–H and O–H groups in total. The summed E-state index contributed by atoms with van der Waals surface area (Å²) in [5.41, 5.74) is 0. The van der Waals surface area contributed by atoms with Gasteiger partial charge in [-0.3, -0.25) is 0 Å². The van der Waals surface area contributed by atoms with Gasteiger partial charge in [0.15, 0.2) is 0 Å². The van der Waals surface area contributed by atoms with Crippen LogP contribution in [-0.4, -0.2) is 13.5 Å². The SMILES string of the molecule is F[B-](F)(F)COc1cccc(Cl)c1Cl. The lowest BCUT2D eigenvalue weighted by Gasteiger charge is -2.16. The molecule has 0 amide bonds. The summed E-state index contributed by atoms with van der Waals surface area (Å²) < 4.78 is 40.0. The molecule has 0 unspecified atom stereocenters. The van der Waals surface area contributed by atoms with E-state index in [1.165, 1.54) is 18.2 Å². The average Bonchev–Trinajstić information content (AvgIpc) is 2.06. The molecule has 0 fully saturated rings. The quantitative estimate of drug-likeness (QED) is 0.735. The predicted octanol–water partition coefficient (Wildman–Crippen LogP) is 3.76. The Kier molecular flexibility index (Phi) is 3.56. The lowest BCUT2D eigenvalue weighted by molar-refractivity contribution is 0.313. The van der Waals surface area contributed by atoms with Gasteiger partial charge in [-0.1, -0.05) is 29.3 Å². The van der Waals surface area contributed by atoms with Crippen LogP contribution in [0, 0.1) is 0 Å². The fourth-order valence-corrected chi connectivity index (χ4v) is 1.13. The van der Waals surface area contributed by atoms with E-state index in [0.717, 1.165) is 0 Å². The maximum atomic E-state index is 11.8. The zero-order valence-electron chi connectivity index (χ0n) is 6.81. The van der Waals surface area contributed by atoms with E-state index in [-0.39, 0.29) is 15.8 Å². The highest BCUT2D eigenvalue weighted by molar-refractivity contribution is 6.58. The second-order valence-electron chi connectivity index (χ2n) is 2.57. The van der Waals surface area contributed by atoms with Crippen molar-refractivity contribution in [2.24, 2.45) is 0 Å². The minimum absolute atomic E-state index is 0.00535. The van der Waals surface area contributed by atoms with Gasteiger partial charge in [0.05, 0.1) is 11.5 Å². The fraction of sp³-hybridized carbons (Fsp3) is 0.143. The number of rotatable bonds is 3. The normalized spacial score (nSPS) is 11.5. The Morgan fingerprint density at radius 2 is 1.86 bits per heavy atom. The number of hydrogen-bond donors (Lipinski definition) is 0. The van der Waals surface area contributed by atoms with Crippen LogP contribution in [0.25, 0.3) is 0 Å². The van der Waals surface area contributed by atoms with Gasteiger partial charge in [-0.2, -0.15) is 0 Å². The number of ether oxygens (including phenoxy) is 1. The molecule has 0 heterocycles. The second kappa shape index (κ2) is 4.32. The molecule has 0 aliphatic rings. The van der Waals surface area contributed by atoms with Crippen LogP contribution in [0.1, 0.15) is 0 Å². The van der Waals surface area contributed by atoms with E-state index < -0.39 is 13.5 Å². The summed E-state index contributed by atoms with van der Waals surface area (Å²) in [5.74, 6) is -0.0571. The van der Waals surface area contributed by atoms with Gasteiger partial charge in [-0.25, -0.2) is 0 Å². The summed E-state index contributed by atoms with van der Waals surface area (Å²) in [6.45, 7) is -6.30. The smallest absolute Gasteiger partial charge is 0.515 e. The van der Waals surface area contributed by atoms with Crippen LogP contribution >= 0.6 is 23.2 Å². The van der Waals surface area contributed by atoms with Crippen molar-refractivity contribution in [3.8, 4) is 5.75 Å². The maximum Gasteiger partial charge on any atom is 0.515 e. The van der Waals surface area contributed by atoms with Gasteiger partial charge < -0.3 is 17.7 Å². The minimum atomic E-state index is -4.98. The molecule has 1 aromatic carbocycles. The Bertz CT molecular complexity index is 329. The van der Waals surface area contributed by atoms with Crippen molar-refractivity contribution in [2.45, 2.75) is 0 Å². The molecule has 0 saturated carbocycles. The summed E-state index contributed by atoms with van der Waals surface area (Å²) in [6, 6.07) is 4.26.